The number of nitrogens with zero attached hydrogens (tertiary/aromatic N) is 2. The van der Waals surface area contributed by atoms with E-state index in [1.165, 1.54) is 31.0 Å². The second-order valence-electron chi connectivity index (χ2n) is 12.7. The Bertz CT molecular complexity index is 1860. The Hall–Kier alpha value is -5.47. The summed E-state index contributed by atoms with van der Waals surface area (Å²) in [6, 6.07) is 13.4. The van der Waals surface area contributed by atoms with Gasteiger partial charge in [0.05, 0.1) is 39.2 Å². The van der Waals surface area contributed by atoms with Gasteiger partial charge in [-0.3, -0.25) is 19.2 Å². The molecule has 3 aromatic rings. The number of aromatic carboxylic acids is 1. The van der Waals surface area contributed by atoms with Crippen molar-refractivity contribution in [3.8, 4) is 23.7 Å². The van der Waals surface area contributed by atoms with Crippen molar-refractivity contribution in [2.45, 2.75) is 64.2 Å². The molecule has 0 saturated heterocycles. The molecule has 0 aromatic heterocycles. The maximum Gasteiger partial charge on any atom is 0.335 e. The third-order valence-corrected chi connectivity index (χ3v) is 9.49. The van der Waals surface area contributed by atoms with Crippen LogP contribution in [0.2, 0.25) is 0 Å². The van der Waals surface area contributed by atoms with Crippen LogP contribution >= 0.6 is 0 Å². The summed E-state index contributed by atoms with van der Waals surface area (Å²) in [7, 11) is 0. The number of hydrogen-bond acceptors (Lipinski definition) is 5. The zero-order chi connectivity index (χ0) is 32.7. The second-order valence-corrected chi connectivity index (χ2v) is 12.7. The number of carboxylic acid groups (broad SMARTS) is 1. The first-order valence-corrected chi connectivity index (χ1v) is 16.3. The monoisotopic (exact) mass is 624 g/mol. The Labute approximate surface area is 272 Å². The number of amides is 4. The molecule has 2 fully saturated rings. The molecule has 3 aromatic carbocycles. The van der Waals surface area contributed by atoms with Gasteiger partial charge in [-0.25, -0.2) is 14.6 Å². The standard InChI is InChI=1S/C39H32N2O6/c42-35-31-17-15-26(13-11-24-7-3-1-4-8-24)19-33(31)37(44)40(35)29-21-28(39(46)47)22-30(23-29)41-36(43)32-18-16-27(20-34(32)38(41)45)14-12-25-9-5-2-6-10-25/h15-25H,1-10H2,(H,46,47). The Kier molecular flexibility index (Phi) is 7.95. The molecule has 47 heavy (non-hydrogen) atoms. The summed E-state index contributed by atoms with van der Waals surface area (Å²) >= 11 is 0. The lowest BCUT2D eigenvalue weighted by atomic mass is 9.89. The van der Waals surface area contributed by atoms with Crippen molar-refractivity contribution >= 4 is 41.0 Å². The molecule has 0 spiro atoms. The smallest absolute Gasteiger partial charge is 0.335 e. The molecule has 2 aliphatic heterocycles. The van der Waals surface area contributed by atoms with Crippen LogP contribution in [0.25, 0.3) is 0 Å². The van der Waals surface area contributed by atoms with Gasteiger partial charge in [0.2, 0.25) is 0 Å². The summed E-state index contributed by atoms with van der Waals surface area (Å²) in [5.74, 6) is 9.64. The van der Waals surface area contributed by atoms with E-state index in [9.17, 15) is 29.1 Å². The third-order valence-electron chi connectivity index (χ3n) is 9.49. The Morgan fingerprint density at radius 1 is 0.553 bits per heavy atom. The van der Waals surface area contributed by atoms with Gasteiger partial charge in [-0.05, 0) is 80.3 Å². The van der Waals surface area contributed by atoms with E-state index in [0.717, 1.165) is 61.2 Å². The molecule has 7 rings (SSSR count). The normalized spacial score (nSPS) is 18.0. The SMILES string of the molecule is O=C(O)c1cc(N2C(=O)c3ccc(C#CC4CCCCC4)cc3C2=O)cc(N2C(=O)c3ccc(C#CC4CCCCC4)cc3C2=O)c1. The minimum Gasteiger partial charge on any atom is -0.478 e. The number of fused-ring (bicyclic) bond motifs is 2. The molecular formula is C39H32N2O6. The molecular weight excluding hydrogens is 592 g/mol. The van der Waals surface area contributed by atoms with Gasteiger partial charge in [-0.1, -0.05) is 62.2 Å². The van der Waals surface area contributed by atoms with E-state index in [-0.39, 0.29) is 39.2 Å². The molecule has 0 atom stereocenters. The highest BCUT2D eigenvalue weighted by Crippen LogP contribution is 2.36. The molecule has 2 aliphatic carbocycles. The van der Waals surface area contributed by atoms with Crippen LogP contribution in [0.1, 0.15) is 127 Å². The summed E-state index contributed by atoms with van der Waals surface area (Å²) in [6.07, 6.45) is 11.2. The Morgan fingerprint density at radius 2 is 0.957 bits per heavy atom. The van der Waals surface area contributed by atoms with Crippen molar-refractivity contribution in [3.05, 3.63) is 93.5 Å². The maximum absolute atomic E-state index is 13.6. The lowest BCUT2D eigenvalue weighted by Gasteiger charge is -2.20. The molecule has 0 unspecified atom stereocenters. The van der Waals surface area contributed by atoms with Crippen molar-refractivity contribution < 1.29 is 29.1 Å². The molecule has 2 saturated carbocycles. The zero-order valence-electron chi connectivity index (χ0n) is 25.8. The highest BCUT2D eigenvalue weighted by Gasteiger charge is 2.40. The van der Waals surface area contributed by atoms with E-state index < -0.39 is 29.6 Å². The van der Waals surface area contributed by atoms with Gasteiger partial charge in [0.25, 0.3) is 23.6 Å². The van der Waals surface area contributed by atoms with E-state index in [1.54, 1.807) is 36.4 Å². The van der Waals surface area contributed by atoms with Crippen LogP contribution in [0.3, 0.4) is 0 Å². The predicted octanol–water partition coefficient (Wildman–Crippen LogP) is 6.85. The van der Waals surface area contributed by atoms with Gasteiger partial charge in [0.15, 0.2) is 0 Å². The van der Waals surface area contributed by atoms with Crippen LogP contribution in [-0.2, 0) is 0 Å². The van der Waals surface area contributed by atoms with Crippen molar-refractivity contribution in [3.63, 3.8) is 0 Å². The third kappa shape index (κ3) is 5.72. The second kappa shape index (κ2) is 12.4. The van der Waals surface area contributed by atoms with Crippen molar-refractivity contribution in [2.24, 2.45) is 11.8 Å². The van der Waals surface area contributed by atoms with Gasteiger partial charge >= 0.3 is 5.97 Å². The van der Waals surface area contributed by atoms with Gasteiger partial charge in [-0.15, -0.1) is 0 Å². The summed E-state index contributed by atoms with van der Waals surface area (Å²) in [4.78, 5) is 68.3. The van der Waals surface area contributed by atoms with Crippen LogP contribution < -0.4 is 9.80 Å². The number of anilines is 2. The van der Waals surface area contributed by atoms with Gasteiger partial charge in [0.1, 0.15) is 0 Å². The topological polar surface area (TPSA) is 112 Å². The largest absolute Gasteiger partial charge is 0.478 e. The van der Waals surface area contributed by atoms with Crippen LogP contribution in [0, 0.1) is 35.5 Å². The minimum atomic E-state index is -1.35. The molecule has 2 heterocycles. The van der Waals surface area contributed by atoms with Gasteiger partial charge < -0.3 is 5.11 Å². The number of imide groups is 2. The van der Waals surface area contributed by atoms with E-state index in [2.05, 4.69) is 23.7 Å². The molecule has 0 bridgehead atoms. The predicted molar refractivity (Wildman–Crippen MR) is 175 cm³/mol. The highest BCUT2D eigenvalue weighted by atomic mass is 16.4. The van der Waals surface area contributed by atoms with E-state index >= 15 is 0 Å². The molecule has 234 valence electrons. The summed E-state index contributed by atoms with van der Waals surface area (Å²) in [5, 5.41) is 9.93. The van der Waals surface area contributed by atoms with Crippen LogP contribution in [-0.4, -0.2) is 34.7 Å². The Morgan fingerprint density at radius 3 is 1.36 bits per heavy atom. The molecule has 8 heteroatoms. The fourth-order valence-electron chi connectivity index (χ4n) is 6.95. The molecule has 1 N–H and O–H groups in total. The number of hydrogen-bond donors (Lipinski definition) is 1. The number of rotatable bonds is 3. The number of carbonyl (C=O) groups is 5. The Balaban J connectivity index is 1.19. The van der Waals surface area contributed by atoms with Crippen LogP contribution in [0.5, 0.6) is 0 Å². The van der Waals surface area contributed by atoms with E-state index in [4.69, 9.17) is 0 Å². The van der Waals surface area contributed by atoms with Crippen molar-refractivity contribution in [2.75, 3.05) is 9.80 Å². The van der Waals surface area contributed by atoms with E-state index in [1.807, 2.05) is 0 Å². The fourth-order valence-corrected chi connectivity index (χ4v) is 6.95. The lowest BCUT2D eigenvalue weighted by Crippen LogP contribution is -2.32. The zero-order valence-corrected chi connectivity index (χ0v) is 25.8. The van der Waals surface area contributed by atoms with Gasteiger partial charge in [0, 0.05) is 23.0 Å². The summed E-state index contributed by atoms with van der Waals surface area (Å²) < 4.78 is 0. The average Bonchev–Trinajstić information content (AvgIpc) is 3.50. The summed E-state index contributed by atoms with van der Waals surface area (Å²) in [6.45, 7) is 0. The molecule has 0 radical (unpaired) electrons. The van der Waals surface area contributed by atoms with Gasteiger partial charge in [-0.2, -0.15) is 0 Å². The first-order chi connectivity index (χ1) is 22.8. The number of carboxylic acids is 1. The minimum absolute atomic E-state index is 0.0588. The number of carbonyl (C=O) groups excluding carboxylic acids is 4. The van der Waals surface area contributed by atoms with Crippen molar-refractivity contribution in [1.29, 1.82) is 0 Å². The molecule has 4 amide bonds. The molecule has 8 nitrogen and oxygen atoms in total. The lowest BCUT2D eigenvalue weighted by molar-refractivity contribution is 0.0694. The quantitative estimate of drug-likeness (QED) is 0.252. The van der Waals surface area contributed by atoms with Crippen molar-refractivity contribution in [1.82, 2.24) is 0 Å². The summed E-state index contributed by atoms with van der Waals surface area (Å²) in [5.41, 5.74) is 1.49. The first-order valence-electron chi connectivity index (χ1n) is 16.3. The number of benzene rings is 3. The highest BCUT2D eigenvalue weighted by molar-refractivity contribution is 6.36. The fraction of sp³-hybridized carbons (Fsp3) is 0.308. The maximum atomic E-state index is 13.6. The average molecular weight is 625 g/mol. The van der Waals surface area contributed by atoms with Crippen LogP contribution in [0.4, 0.5) is 11.4 Å². The van der Waals surface area contributed by atoms with E-state index in [0.29, 0.717) is 23.0 Å². The van der Waals surface area contributed by atoms with Crippen LogP contribution in [0.15, 0.2) is 54.6 Å². The first kappa shape index (κ1) is 30.2. The molecule has 4 aliphatic rings.